The molecule has 0 atom stereocenters. The summed E-state index contributed by atoms with van der Waals surface area (Å²) in [4.78, 5) is 33.0. The second kappa shape index (κ2) is 7.78. The Kier molecular flexibility index (Phi) is 5.01. The molecule has 9 nitrogen and oxygen atoms in total. The van der Waals surface area contributed by atoms with Crippen LogP contribution in [0, 0.1) is 0 Å². The Balaban J connectivity index is 1.52. The van der Waals surface area contributed by atoms with Crippen LogP contribution in [0.25, 0.3) is 16.7 Å². The molecule has 0 bridgehead atoms. The highest BCUT2D eigenvalue weighted by atomic mass is 16.4. The third-order valence-electron chi connectivity index (χ3n) is 4.81. The summed E-state index contributed by atoms with van der Waals surface area (Å²) >= 11 is 0. The molecule has 0 aliphatic carbocycles. The summed E-state index contributed by atoms with van der Waals surface area (Å²) in [6.45, 7) is 8.03. The van der Waals surface area contributed by atoms with E-state index in [0.29, 0.717) is 24.1 Å². The van der Waals surface area contributed by atoms with Crippen LogP contribution in [0.15, 0.2) is 70.2 Å². The molecule has 0 spiro atoms. The smallest absolute Gasteiger partial charge is 0.390 e. The molecule has 3 heterocycles. The first kappa shape index (κ1) is 19.3. The van der Waals surface area contributed by atoms with Gasteiger partial charge in [0.2, 0.25) is 5.89 Å². The Morgan fingerprint density at radius 3 is 2.83 bits per heavy atom. The Bertz CT molecular complexity index is 1370. The van der Waals surface area contributed by atoms with Crippen molar-refractivity contribution in [3.05, 3.63) is 94.1 Å². The number of aromatic nitrogens is 6. The average Bonchev–Trinajstić information content (AvgIpc) is 3.30. The van der Waals surface area contributed by atoms with E-state index in [-0.39, 0.29) is 18.0 Å². The molecule has 30 heavy (non-hydrogen) atoms. The minimum absolute atomic E-state index is 0.00381. The van der Waals surface area contributed by atoms with Gasteiger partial charge in [-0.3, -0.25) is 9.36 Å². The van der Waals surface area contributed by atoms with Gasteiger partial charge in [0.1, 0.15) is 12.9 Å². The predicted molar refractivity (Wildman–Crippen MR) is 112 cm³/mol. The Labute approximate surface area is 171 Å². The van der Waals surface area contributed by atoms with Crippen LogP contribution in [0.3, 0.4) is 0 Å². The lowest BCUT2D eigenvalue weighted by molar-refractivity contribution is 0.434. The van der Waals surface area contributed by atoms with Crippen molar-refractivity contribution in [2.45, 2.75) is 19.5 Å². The van der Waals surface area contributed by atoms with Gasteiger partial charge in [0.25, 0.3) is 5.56 Å². The fourth-order valence-electron chi connectivity index (χ4n) is 3.16. The van der Waals surface area contributed by atoms with Crippen molar-refractivity contribution in [1.82, 2.24) is 28.9 Å². The van der Waals surface area contributed by atoms with Gasteiger partial charge in [-0.25, -0.2) is 14.8 Å². The van der Waals surface area contributed by atoms with Crippen molar-refractivity contribution in [2.75, 3.05) is 0 Å². The summed E-state index contributed by atoms with van der Waals surface area (Å²) in [7, 11) is 1.72. The highest BCUT2D eigenvalue weighted by molar-refractivity contribution is 5.71. The molecule has 4 aromatic rings. The van der Waals surface area contributed by atoms with Crippen LogP contribution in [0.5, 0.6) is 0 Å². The number of benzene rings is 1. The van der Waals surface area contributed by atoms with Crippen LogP contribution < -0.4 is 11.3 Å². The number of imidazole rings is 1. The van der Waals surface area contributed by atoms with Crippen molar-refractivity contribution in [3.63, 3.8) is 0 Å². The van der Waals surface area contributed by atoms with E-state index in [0.717, 1.165) is 16.7 Å². The molecule has 3 aromatic heterocycles. The quantitative estimate of drug-likeness (QED) is 0.435. The van der Waals surface area contributed by atoms with Gasteiger partial charge in [0.15, 0.2) is 11.2 Å². The predicted octanol–water partition coefficient (Wildman–Crippen LogP) is 1.77. The minimum atomic E-state index is -0.570. The molecule has 0 N–H and O–H groups in total. The molecule has 9 heteroatoms. The molecule has 152 valence electrons. The highest BCUT2D eigenvalue weighted by Gasteiger charge is 2.13. The van der Waals surface area contributed by atoms with Gasteiger partial charge in [-0.15, -0.1) is 5.10 Å². The van der Waals surface area contributed by atoms with Gasteiger partial charge in [-0.1, -0.05) is 43.5 Å². The Morgan fingerprint density at radius 2 is 2.03 bits per heavy atom. The summed E-state index contributed by atoms with van der Waals surface area (Å²) in [6.07, 6.45) is 5.19. The third kappa shape index (κ3) is 3.64. The minimum Gasteiger partial charge on any atom is -0.390 e. The maximum atomic E-state index is 12.6. The molecule has 0 aliphatic rings. The van der Waals surface area contributed by atoms with Crippen molar-refractivity contribution in [1.29, 1.82) is 0 Å². The first-order chi connectivity index (χ1) is 14.5. The van der Waals surface area contributed by atoms with Gasteiger partial charge in [0.05, 0.1) is 12.9 Å². The molecule has 4 rings (SSSR count). The van der Waals surface area contributed by atoms with E-state index < -0.39 is 5.76 Å². The van der Waals surface area contributed by atoms with E-state index in [1.165, 1.54) is 21.9 Å². The molecule has 0 saturated carbocycles. The van der Waals surface area contributed by atoms with Crippen molar-refractivity contribution >= 4 is 16.7 Å². The van der Waals surface area contributed by atoms with Crippen LogP contribution in [0.4, 0.5) is 0 Å². The van der Waals surface area contributed by atoms with Gasteiger partial charge >= 0.3 is 5.76 Å². The Hall–Kier alpha value is -4.01. The number of allylic oxidation sites excluding steroid dienone is 2. The molecular weight excluding hydrogens is 384 g/mol. The van der Waals surface area contributed by atoms with E-state index in [2.05, 4.69) is 28.2 Å². The van der Waals surface area contributed by atoms with Crippen molar-refractivity contribution in [3.8, 4) is 0 Å². The number of nitrogens with zero attached hydrogens (tertiary/aromatic N) is 6. The zero-order valence-electron chi connectivity index (χ0n) is 16.5. The van der Waals surface area contributed by atoms with Crippen LogP contribution >= 0.6 is 0 Å². The van der Waals surface area contributed by atoms with Gasteiger partial charge in [0, 0.05) is 7.05 Å². The first-order valence-corrected chi connectivity index (χ1v) is 9.30. The summed E-state index contributed by atoms with van der Waals surface area (Å²) in [5.41, 5.74) is 3.31. The van der Waals surface area contributed by atoms with Crippen molar-refractivity contribution < 1.29 is 4.42 Å². The number of hydrogen-bond acceptors (Lipinski definition) is 6. The Morgan fingerprint density at radius 1 is 1.23 bits per heavy atom. The van der Waals surface area contributed by atoms with Crippen LogP contribution in [0.1, 0.15) is 17.0 Å². The van der Waals surface area contributed by atoms with Gasteiger partial charge < -0.3 is 8.98 Å². The summed E-state index contributed by atoms with van der Waals surface area (Å²) in [5.74, 6) is -0.432. The van der Waals surface area contributed by atoms with E-state index in [4.69, 9.17) is 4.42 Å². The van der Waals surface area contributed by atoms with Gasteiger partial charge in [-0.05, 0) is 23.1 Å². The lowest BCUT2D eigenvalue weighted by atomic mass is 10.0. The normalized spacial score (nSPS) is 11.1. The van der Waals surface area contributed by atoms with E-state index in [1.807, 2.05) is 24.3 Å². The molecule has 1 aromatic carbocycles. The standard InChI is InChI=1S/C21H20N6O3/c1-4-14(2)16-7-5-6-15(10-16)8-9-27-21(29)30-17(24-27)11-26-13-23-19-18(20(26)28)25(3)12-22-19/h4-7,10,12-13H,1-2,8-9,11H2,3H3. The topological polar surface area (TPSA) is 101 Å². The zero-order valence-corrected chi connectivity index (χ0v) is 16.5. The summed E-state index contributed by atoms with van der Waals surface area (Å²) in [5, 5.41) is 4.22. The lowest BCUT2D eigenvalue weighted by Gasteiger charge is -2.05. The molecule has 0 amide bonds. The number of rotatable bonds is 7. The maximum Gasteiger partial charge on any atom is 0.437 e. The van der Waals surface area contributed by atoms with E-state index in [9.17, 15) is 9.59 Å². The van der Waals surface area contributed by atoms with Gasteiger partial charge in [-0.2, -0.15) is 4.68 Å². The summed E-state index contributed by atoms with van der Waals surface area (Å²) < 4.78 is 9.42. The molecule has 0 fully saturated rings. The third-order valence-corrected chi connectivity index (χ3v) is 4.81. The number of fused-ring (bicyclic) bond motifs is 1. The monoisotopic (exact) mass is 404 g/mol. The molecule has 0 saturated heterocycles. The maximum absolute atomic E-state index is 12.6. The second-order valence-corrected chi connectivity index (χ2v) is 6.87. The van der Waals surface area contributed by atoms with E-state index >= 15 is 0 Å². The summed E-state index contributed by atoms with van der Waals surface area (Å²) in [6, 6.07) is 7.87. The average molecular weight is 404 g/mol. The molecule has 0 radical (unpaired) electrons. The molecule has 0 aliphatic heterocycles. The number of aryl methyl sites for hydroxylation is 3. The van der Waals surface area contributed by atoms with Crippen LogP contribution in [-0.4, -0.2) is 28.9 Å². The van der Waals surface area contributed by atoms with Crippen molar-refractivity contribution in [2.24, 2.45) is 7.05 Å². The lowest BCUT2D eigenvalue weighted by Crippen LogP contribution is -2.22. The first-order valence-electron chi connectivity index (χ1n) is 9.30. The zero-order chi connectivity index (χ0) is 21.3. The fraction of sp³-hybridized carbons (Fsp3) is 0.190. The fourth-order valence-corrected chi connectivity index (χ4v) is 3.16. The number of hydrogen-bond donors (Lipinski definition) is 0. The van der Waals surface area contributed by atoms with E-state index in [1.54, 1.807) is 17.7 Å². The highest BCUT2D eigenvalue weighted by Crippen LogP contribution is 2.15. The van der Waals surface area contributed by atoms with Crippen LogP contribution in [-0.2, 0) is 26.6 Å². The largest absolute Gasteiger partial charge is 0.437 e. The second-order valence-electron chi connectivity index (χ2n) is 6.87. The molecule has 0 unspecified atom stereocenters. The molecular formula is C21H20N6O3. The SMILES string of the molecule is C=CC(=C)c1cccc(CCn2nc(Cn3cnc4ncn(C)c4c3=O)oc2=O)c1. The van der Waals surface area contributed by atoms with Crippen LogP contribution in [0.2, 0.25) is 0 Å².